The summed E-state index contributed by atoms with van der Waals surface area (Å²) in [6, 6.07) is 16.4. The Morgan fingerprint density at radius 1 is 1.12 bits per heavy atom. The molecular formula is C21H22O3. The van der Waals surface area contributed by atoms with Crippen LogP contribution in [0.1, 0.15) is 23.6 Å². The molecule has 1 aliphatic heterocycles. The molecule has 0 N–H and O–H groups in total. The van der Waals surface area contributed by atoms with Crippen LogP contribution in [0.4, 0.5) is 0 Å². The van der Waals surface area contributed by atoms with E-state index >= 15 is 0 Å². The third-order valence-electron chi connectivity index (χ3n) is 4.05. The van der Waals surface area contributed by atoms with E-state index < -0.39 is 0 Å². The summed E-state index contributed by atoms with van der Waals surface area (Å²) in [4.78, 5) is 0. The Kier molecular flexibility index (Phi) is 5.50. The second kappa shape index (κ2) is 7.98. The van der Waals surface area contributed by atoms with Gasteiger partial charge < -0.3 is 14.2 Å². The Hall–Kier alpha value is -2.32. The first-order chi connectivity index (χ1) is 11.7. The van der Waals surface area contributed by atoms with Crippen molar-refractivity contribution < 1.29 is 14.2 Å². The number of rotatable bonds is 6. The summed E-state index contributed by atoms with van der Waals surface area (Å²) in [5.41, 5.74) is 7.34. The molecule has 1 heterocycles. The van der Waals surface area contributed by atoms with Crippen LogP contribution < -0.4 is 4.74 Å². The van der Waals surface area contributed by atoms with Gasteiger partial charge in [-0.05, 0) is 41.3 Å². The molecule has 3 rings (SSSR count). The second-order valence-corrected chi connectivity index (χ2v) is 5.81. The molecule has 0 bridgehead atoms. The average molecular weight is 322 g/mol. The summed E-state index contributed by atoms with van der Waals surface area (Å²) in [5, 5.41) is 0. The van der Waals surface area contributed by atoms with Crippen LogP contribution in [0.5, 0.6) is 5.75 Å². The Balaban J connectivity index is 1.57. The Morgan fingerprint density at radius 2 is 1.83 bits per heavy atom. The molecule has 0 aromatic heterocycles. The maximum atomic E-state index is 5.89. The van der Waals surface area contributed by atoms with Gasteiger partial charge in [0.15, 0.2) is 6.29 Å². The molecular weight excluding hydrogens is 300 g/mol. The highest BCUT2D eigenvalue weighted by molar-refractivity contribution is 5.63. The molecule has 0 saturated carbocycles. The first-order valence-electron chi connectivity index (χ1n) is 8.15. The molecule has 24 heavy (non-hydrogen) atoms. The third-order valence-corrected chi connectivity index (χ3v) is 4.05. The Morgan fingerprint density at radius 3 is 2.54 bits per heavy atom. The predicted octanol–water partition coefficient (Wildman–Crippen LogP) is 4.37. The Bertz CT molecular complexity index is 721. The van der Waals surface area contributed by atoms with Crippen LogP contribution in [-0.4, -0.2) is 19.5 Å². The van der Waals surface area contributed by atoms with Gasteiger partial charge in [-0.25, -0.2) is 0 Å². The lowest BCUT2D eigenvalue weighted by molar-refractivity contribution is -0.0399. The van der Waals surface area contributed by atoms with Gasteiger partial charge in [0.2, 0.25) is 0 Å². The lowest BCUT2D eigenvalue weighted by Crippen LogP contribution is -2.11. The van der Waals surface area contributed by atoms with Gasteiger partial charge in [0.25, 0.3) is 0 Å². The van der Waals surface area contributed by atoms with Gasteiger partial charge in [0.1, 0.15) is 12.4 Å². The molecule has 1 fully saturated rings. The van der Waals surface area contributed by atoms with Crippen molar-refractivity contribution >= 4 is 5.57 Å². The first-order valence-corrected chi connectivity index (χ1v) is 8.15. The molecule has 2 aromatic rings. The van der Waals surface area contributed by atoms with E-state index in [1.165, 1.54) is 5.56 Å². The SMILES string of the molecule is C=C=C(C)c1cccc(OCc2ccc(CC3OCCO3)cc2)c1. The number of hydrogen-bond acceptors (Lipinski definition) is 3. The zero-order valence-corrected chi connectivity index (χ0v) is 14.0. The zero-order chi connectivity index (χ0) is 16.8. The van der Waals surface area contributed by atoms with Crippen molar-refractivity contribution in [2.24, 2.45) is 0 Å². The van der Waals surface area contributed by atoms with E-state index in [0.29, 0.717) is 19.8 Å². The molecule has 0 unspecified atom stereocenters. The summed E-state index contributed by atoms with van der Waals surface area (Å²) in [7, 11) is 0. The maximum absolute atomic E-state index is 5.89. The van der Waals surface area contributed by atoms with Crippen molar-refractivity contribution in [3.8, 4) is 5.75 Å². The fraction of sp³-hybridized carbons (Fsp3) is 0.286. The van der Waals surface area contributed by atoms with Crippen LogP contribution in [0, 0.1) is 0 Å². The van der Waals surface area contributed by atoms with Crippen molar-refractivity contribution in [2.75, 3.05) is 13.2 Å². The Labute approximate surface area is 143 Å². The number of ether oxygens (including phenoxy) is 3. The van der Waals surface area contributed by atoms with Crippen molar-refractivity contribution in [2.45, 2.75) is 26.2 Å². The van der Waals surface area contributed by atoms with Gasteiger partial charge in [0.05, 0.1) is 13.2 Å². The summed E-state index contributed by atoms with van der Waals surface area (Å²) in [6.07, 6.45) is 0.687. The molecule has 0 radical (unpaired) electrons. The fourth-order valence-electron chi connectivity index (χ4n) is 2.58. The van der Waals surface area contributed by atoms with E-state index in [0.717, 1.165) is 28.9 Å². The highest BCUT2D eigenvalue weighted by Gasteiger charge is 2.16. The maximum Gasteiger partial charge on any atom is 0.161 e. The second-order valence-electron chi connectivity index (χ2n) is 5.81. The van der Waals surface area contributed by atoms with Crippen molar-refractivity contribution in [1.29, 1.82) is 0 Å². The molecule has 3 nitrogen and oxygen atoms in total. The third kappa shape index (κ3) is 4.36. The van der Waals surface area contributed by atoms with Gasteiger partial charge >= 0.3 is 0 Å². The largest absolute Gasteiger partial charge is 0.489 e. The van der Waals surface area contributed by atoms with Crippen LogP contribution in [0.15, 0.2) is 60.8 Å². The minimum atomic E-state index is -0.101. The molecule has 0 atom stereocenters. The molecule has 0 amide bonds. The van der Waals surface area contributed by atoms with Gasteiger partial charge in [-0.1, -0.05) is 43.0 Å². The average Bonchev–Trinajstić information content (AvgIpc) is 3.14. The van der Waals surface area contributed by atoms with E-state index in [4.69, 9.17) is 14.2 Å². The summed E-state index contributed by atoms with van der Waals surface area (Å²) in [5.74, 6) is 0.846. The molecule has 0 spiro atoms. The highest BCUT2D eigenvalue weighted by Crippen LogP contribution is 2.20. The lowest BCUT2D eigenvalue weighted by atomic mass is 10.1. The topological polar surface area (TPSA) is 27.7 Å². The van der Waals surface area contributed by atoms with Crippen LogP contribution in [0.3, 0.4) is 0 Å². The smallest absolute Gasteiger partial charge is 0.161 e. The van der Waals surface area contributed by atoms with E-state index in [-0.39, 0.29) is 6.29 Å². The predicted molar refractivity (Wildman–Crippen MR) is 94.8 cm³/mol. The van der Waals surface area contributed by atoms with Crippen LogP contribution in [0.25, 0.3) is 5.57 Å². The summed E-state index contributed by atoms with van der Waals surface area (Å²) < 4.78 is 16.8. The van der Waals surface area contributed by atoms with Crippen LogP contribution >= 0.6 is 0 Å². The normalized spacial score (nSPS) is 14.4. The highest BCUT2D eigenvalue weighted by atomic mass is 16.7. The molecule has 124 valence electrons. The summed E-state index contributed by atoms with van der Waals surface area (Å²) in [6.45, 7) is 7.59. The minimum Gasteiger partial charge on any atom is -0.489 e. The standard InChI is InChI=1S/C21H22O3/c1-3-16(2)19-5-4-6-20(14-19)24-15-18-9-7-17(8-10-18)13-21-22-11-12-23-21/h4-10,14,21H,1,11-13,15H2,2H3. The molecule has 1 saturated heterocycles. The van der Waals surface area contributed by atoms with Gasteiger partial charge in [-0.3, -0.25) is 0 Å². The van der Waals surface area contributed by atoms with Gasteiger partial charge in [-0.15, -0.1) is 5.73 Å². The minimum absolute atomic E-state index is 0.101. The fourth-order valence-corrected chi connectivity index (χ4v) is 2.58. The first kappa shape index (κ1) is 16.5. The van der Waals surface area contributed by atoms with E-state index in [1.807, 2.05) is 31.2 Å². The van der Waals surface area contributed by atoms with E-state index in [2.05, 4.69) is 36.6 Å². The van der Waals surface area contributed by atoms with Gasteiger partial charge in [-0.2, -0.15) is 0 Å². The van der Waals surface area contributed by atoms with Crippen molar-refractivity contribution in [3.05, 3.63) is 77.5 Å². The monoisotopic (exact) mass is 322 g/mol. The number of benzene rings is 2. The van der Waals surface area contributed by atoms with Crippen LogP contribution in [-0.2, 0) is 22.5 Å². The van der Waals surface area contributed by atoms with Crippen molar-refractivity contribution in [1.82, 2.24) is 0 Å². The number of hydrogen-bond donors (Lipinski definition) is 0. The molecule has 2 aromatic carbocycles. The zero-order valence-electron chi connectivity index (χ0n) is 14.0. The van der Waals surface area contributed by atoms with Crippen molar-refractivity contribution in [3.63, 3.8) is 0 Å². The van der Waals surface area contributed by atoms with E-state index in [1.54, 1.807) is 0 Å². The molecule has 3 heteroatoms. The molecule has 0 aliphatic carbocycles. The molecule has 1 aliphatic rings. The van der Waals surface area contributed by atoms with E-state index in [9.17, 15) is 0 Å². The quantitative estimate of drug-likeness (QED) is 0.739. The van der Waals surface area contributed by atoms with Gasteiger partial charge in [0, 0.05) is 6.42 Å². The number of allylic oxidation sites excluding steroid dienone is 1. The lowest BCUT2D eigenvalue weighted by Gasteiger charge is -2.10. The van der Waals surface area contributed by atoms with Crippen LogP contribution in [0.2, 0.25) is 0 Å². The summed E-state index contributed by atoms with van der Waals surface area (Å²) >= 11 is 0.